The van der Waals surface area contributed by atoms with E-state index in [0.29, 0.717) is 6.20 Å². The van der Waals surface area contributed by atoms with Crippen molar-refractivity contribution in [2.24, 2.45) is 5.73 Å². The molecular formula is C5H6F4N2. The third-order valence-corrected chi connectivity index (χ3v) is 0.869. The summed E-state index contributed by atoms with van der Waals surface area (Å²) in [6.07, 6.45) is -5.46. The molecule has 2 nitrogen and oxygen atoms in total. The van der Waals surface area contributed by atoms with Crippen molar-refractivity contribution in [3.8, 4) is 0 Å². The number of nitrogens with one attached hydrogen (secondary N) is 1. The molecule has 0 aromatic carbocycles. The molecule has 0 aliphatic rings. The minimum absolute atomic E-state index is 0.403. The van der Waals surface area contributed by atoms with Crippen molar-refractivity contribution in [1.82, 2.24) is 0 Å². The number of allylic oxidation sites excluding steroid dienone is 1. The highest BCUT2D eigenvalue weighted by Gasteiger charge is 2.34. The van der Waals surface area contributed by atoms with Crippen LogP contribution in [0.2, 0.25) is 0 Å². The van der Waals surface area contributed by atoms with Crippen LogP contribution in [0.15, 0.2) is 12.0 Å². The highest BCUT2D eigenvalue weighted by molar-refractivity contribution is 5.88. The molecule has 0 amide bonds. The molecule has 0 fully saturated rings. The molecule has 11 heavy (non-hydrogen) atoms. The summed E-state index contributed by atoms with van der Waals surface area (Å²) in [6.45, 7) is 0. The van der Waals surface area contributed by atoms with Gasteiger partial charge in [0.25, 0.3) is 0 Å². The van der Waals surface area contributed by atoms with Gasteiger partial charge in [-0.05, 0) is 0 Å². The second kappa shape index (κ2) is 3.36. The van der Waals surface area contributed by atoms with Gasteiger partial charge in [-0.3, -0.25) is 0 Å². The fourth-order valence-electron chi connectivity index (χ4n) is 0.328. The minimum Gasteiger partial charge on any atom is -0.403 e. The van der Waals surface area contributed by atoms with Gasteiger partial charge in [0.2, 0.25) is 0 Å². The van der Waals surface area contributed by atoms with E-state index < -0.39 is 24.1 Å². The Morgan fingerprint density at radius 1 is 1.45 bits per heavy atom. The van der Waals surface area contributed by atoms with Crippen LogP contribution in [0.4, 0.5) is 17.6 Å². The molecule has 0 aliphatic heterocycles. The molecule has 64 valence electrons. The van der Waals surface area contributed by atoms with E-state index in [1.165, 1.54) is 0 Å². The Bertz CT molecular complexity index is 181. The predicted octanol–water partition coefficient (Wildman–Crippen LogP) is 1.73. The lowest BCUT2D eigenvalue weighted by atomic mass is 10.2. The molecule has 0 saturated heterocycles. The monoisotopic (exact) mass is 170 g/mol. The molecule has 0 aliphatic carbocycles. The Morgan fingerprint density at radius 3 is 2.18 bits per heavy atom. The molecule has 3 N–H and O–H groups in total. The Labute approximate surface area is 60.2 Å². The third-order valence-electron chi connectivity index (χ3n) is 0.869. The quantitative estimate of drug-likeness (QED) is 0.481. The summed E-state index contributed by atoms with van der Waals surface area (Å²) < 4.78 is 46.5. The van der Waals surface area contributed by atoms with Crippen molar-refractivity contribution >= 4 is 5.71 Å². The summed E-state index contributed by atoms with van der Waals surface area (Å²) >= 11 is 0. The lowest BCUT2D eigenvalue weighted by Gasteiger charge is -2.05. The largest absolute Gasteiger partial charge is 0.429 e. The summed E-state index contributed by atoms with van der Waals surface area (Å²) in [6, 6.07) is 0. The van der Waals surface area contributed by atoms with Gasteiger partial charge in [-0.2, -0.15) is 13.2 Å². The van der Waals surface area contributed by atoms with E-state index in [9.17, 15) is 17.6 Å². The van der Waals surface area contributed by atoms with Crippen LogP contribution in [-0.4, -0.2) is 11.9 Å². The van der Waals surface area contributed by atoms with Crippen molar-refractivity contribution in [3.05, 3.63) is 12.0 Å². The van der Waals surface area contributed by atoms with Crippen LogP contribution in [0.25, 0.3) is 0 Å². The lowest BCUT2D eigenvalue weighted by molar-refractivity contribution is -0.0610. The van der Waals surface area contributed by atoms with Crippen LogP contribution in [0, 0.1) is 5.41 Å². The standard InChI is InChI=1S/C5H6F4N2/c6-3(2-10)1-4(11)5(7,8)9/h2,11H,1,10H2/b3-2-,11-4?. The molecule has 6 heteroatoms. The van der Waals surface area contributed by atoms with E-state index in [2.05, 4.69) is 5.73 Å². The van der Waals surface area contributed by atoms with Crippen molar-refractivity contribution in [2.45, 2.75) is 12.6 Å². The molecule has 0 bridgehead atoms. The Balaban J connectivity index is 4.10. The summed E-state index contributed by atoms with van der Waals surface area (Å²) in [4.78, 5) is 0. The number of hydrogen-bond acceptors (Lipinski definition) is 2. The van der Waals surface area contributed by atoms with Crippen LogP contribution in [0.5, 0.6) is 0 Å². The fraction of sp³-hybridized carbons (Fsp3) is 0.400. The van der Waals surface area contributed by atoms with Gasteiger partial charge < -0.3 is 11.1 Å². The van der Waals surface area contributed by atoms with E-state index in [4.69, 9.17) is 5.41 Å². The summed E-state index contributed by atoms with van der Waals surface area (Å²) in [5, 5.41) is 6.31. The first kappa shape index (κ1) is 9.93. The Hall–Kier alpha value is -1.07. The van der Waals surface area contributed by atoms with Crippen LogP contribution in [-0.2, 0) is 0 Å². The van der Waals surface area contributed by atoms with Crippen LogP contribution in [0.1, 0.15) is 6.42 Å². The topological polar surface area (TPSA) is 49.9 Å². The number of hydrogen-bond donors (Lipinski definition) is 2. The zero-order valence-electron chi connectivity index (χ0n) is 5.37. The fourth-order valence-corrected chi connectivity index (χ4v) is 0.328. The Kier molecular flexibility index (Phi) is 3.03. The molecule has 0 saturated carbocycles. The third kappa shape index (κ3) is 3.59. The maximum absolute atomic E-state index is 12.0. The second-order valence-corrected chi connectivity index (χ2v) is 1.77. The molecule has 0 unspecified atom stereocenters. The molecule has 0 rings (SSSR count). The van der Waals surface area contributed by atoms with Crippen LogP contribution in [0.3, 0.4) is 0 Å². The van der Waals surface area contributed by atoms with Gasteiger partial charge in [0.1, 0.15) is 11.5 Å². The normalized spacial score (nSPS) is 13.3. The average Bonchev–Trinajstić information content (AvgIpc) is 1.85. The van der Waals surface area contributed by atoms with Crippen molar-refractivity contribution in [2.75, 3.05) is 0 Å². The smallest absolute Gasteiger partial charge is 0.403 e. The van der Waals surface area contributed by atoms with Gasteiger partial charge in [-0.25, -0.2) is 4.39 Å². The number of nitrogens with two attached hydrogens (primary N) is 1. The zero-order chi connectivity index (χ0) is 9.07. The van der Waals surface area contributed by atoms with Gasteiger partial charge in [0.15, 0.2) is 0 Å². The molecule has 0 atom stereocenters. The van der Waals surface area contributed by atoms with Gasteiger partial charge in [0.05, 0.1) is 0 Å². The summed E-state index contributed by atoms with van der Waals surface area (Å²) in [5.74, 6) is -1.16. The maximum atomic E-state index is 12.0. The molecule has 0 spiro atoms. The highest BCUT2D eigenvalue weighted by Crippen LogP contribution is 2.20. The van der Waals surface area contributed by atoms with E-state index >= 15 is 0 Å². The van der Waals surface area contributed by atoms with E-state index in [1.807, 2.05) is 0 Å². The molecular weight excluding hydrogens is 164 g/mol. The van der Waals surface area contributed by atoms with E-state index in [-0.39, 0.29) is 0 Å². The number of rotatable bonds is 2. The van der Waals surface area contributed by atoms with E-state index in [1.54, 1.807) is 0 Å². The SMILES string of the molecule is N=C(C/C(F)=C/N)C(F)(F)F. The zero-order valence-corrected chi connectivity index (χ0v) is 5.37. The maximum Gasteiger partial charge on any atom is 0.429 e. The van der Waals surface area contributed by atoms with Crippen molar-refractivity contribution in [1.29, 1.82) is 5.41 Å². The number of alkyl halides is 3. The molecule has 0 aromatic rings. The second-order valence-electron chi connectivity index (χ2n) is 1.77. The first-order valence-electron chi connectivity index (χ1n) is 2.59. The van der Waals surface area contributed by atoms with E-state index in [0.717, 1.165) is 0 Å². The average molecular weight is 170 g/mol. The molecule has 0 heterocycles. The highest BCUT2D eigenvalue weighted by atomic mass is 19.4. The predicted molar refractivity (Wildman–Crippen MR) is 31.8 cm³/mol. The lowest BCUT2D eigenvalue weighted by Crippen LogP contribution is -2.21. The minimum atomic E-state index is -4.76. The molecule has 0 aromatic heterocycles. The van der Waals surface area contributed by atoms with Gasteiger partial charge >= 0.3 is 6.18 Å². The summed E-state index contributed by atoms with van der Waals surface area (Å²) in [7, 11) is 0. The first-order valence-corrected chi connectivity index (χ1v) is 2.59. The van der Waals surface area contributed by atoms with Crippen LogP contribution < -0.4 is 5.73 Å². The molecule has 0 radical (unpaired) electrons. The first-order chi connectivity index (χ1) is 4.88. The Morgan fingerprint density at radius 2 is 1.91 bits per heavy atom. The van der Waals surface area contributed by atoms with Gasteiger partial charge in [0, 0.05) is 12.6 Å². The van der Waals surface area contributed by atoms with Crippen LogP contribution >= 0.6 is 0 Å². The number of halogens is 4. The van der Waals surface area contributed by atoms with Crippen molar-refractivity contribution in [3.63, 3.8) is 0 Å². The van der Waals surface area contributed by atoms with Gasteiger partial charge in [-0.1, -0.05) is 0 Å². The summed E-state index contributed by atoms with van der Waals surface area (Å²) in [5.41, 5.74) is 2.92. The van der Waals surface area contributed by atoms with Crippen molar-refractivity contribution < 1.29 is 17.6 Å². The van der Waals surface area contributed by atoms with Gasteiger partial charge in [-0.15, -0.1) is 0 Å².